The van der Waals surface area contributed by atoms with Crippen LogP contribution in [0.15, 0.2) is 40.9 Å². The first kappa shape index (κ1) is 14.3. The van der Waals surface area contributed by atoms with Crippen LogP contribution in [0.3, 0.4) is 0 Å². The first-order chi connectivity index (χ1) is 9.04. The number of hydrogen-bond acceptors (Lipinski definition) is 2. The van der Waals surface area contributed by atoms with Crippen molar-refractivity contribution in [3.63, 3.8) is 0 Å². The molecule has 2 aromatic carbocycles. The second-order valence-electron chi connectivity index (χ2n) is 4.01. The highest BCUT2D eigenvalue weighted by Gasteiger charge is 2.16. The molecule has 2 nitrogen and oxygen atoms in total. The van der Waals surface area contributed by atoms with Gasteiger partial charge in [-0.15, -0.1) is 0 Å². The fraction of sp³-hybridized carbons (Fsp3) is 0.143. The smallest absolute Gasteiger partial charge is 0.142 e. The first-order valence-corrected chi connectivity index (χ1v) is 6.74. The van der Waals surface area contributed by atoms with E-state index in [0.717, 1.165) is 5.56 Å². The van der Waals surface area contributed by atoms with Crippen molar-refractivity contribution in [2.24, 2.45) is 5.73 Å². The zero-order valence-electron chi connectivity index (χ0n) is 10.2. The fourth-order valence-electron chi connectivity index (χ4n) is 1.82. The highest BCUT2D eigenvalue weighted by Crippen LogP contribution is 2.31. The molecule has 0 aliphatic heterocycles. The van der Waals surface area contributed by atoms with Crippen LogP contribution in [0.4, 0.5) is 4.39 Å². The van der Waals surface area contributed by atoms with Crippen molar-refractivity contribution in [3.05, 3.63) is 62.8 Å². The standard InChI is InChI=1S/C14H12BrClFNO/c1-19-12-6-5-8(7-11(12)16)14(18)9-3-2-4-10(15)13(9)17/h2-7,14H,18H2,1H3. The Morgan fingerprint density at radius 3 is 2.68 bits per heavy atom. The number of benzene rings is 2. The van der Waals surface area contributed by atoms with Gasteiger partial charge in [0.1, 0.15) is 11.6 Å². The lowest BCUT2D eigenvalue weighted by Gasteiger charge is -2.15. The molecule has 0 aliphatic rings. The van der Waals surface area contributed by atoms with Crippen LogP contribution in [-0.4, -0.2) is 7.11 Å². The molecule has 0 aliphatic carbocycles. The molecule has 1 atom stereocenters. The van der Waals surface area contributed by atoms with E-state index in [2.05, 4.69) is 15.9 Å². The molecule has 0 spiro atoms. The quantitative estimate of drug-likeness (QED) is 0.901. The van der Waals surface area contributed by atoms with E-state index < -0.39 is 6.04 Å². The average molecular weight is 345 g/mol. The van der Waals surface area contributed by atoms with E-state index in [4.69, 9.17) is 22.1 Å². The largest absolute Gasteiger partial charge is 0.495 e. The van der Waals surface area contributed by atoms with E-state index in [1.807, 2.05) is 0 Å². The fourth-order valence-corrected chi connectivity index (χ4v) is 2.46. The third kappa shape index (κ3) is 2.91. The summed E-state index contributed by atoms with van der Waals surface area (Å²) in [4.78, 5) is 0. The van der Waals surface area contributed by atoms with Crippen molar-refractivity contribution in [2.75, 3.05) is 7.11 Å². The summed E-state index contributed by atoms with van der Waals surface area (Å²) in [7, 11) is 1.54. The van der Waals surface area contributed by atoms with Crippen molar-refractivity contribution in [1.82, 2.24) is 0 Å². The predicted octanol–water partition coefficient (Wildman–Crippen LogP) is 4.30. The van der Waals surface area contributed by atoms with Crippen molar-refractivity contribution in [2.45, 2.75) is 6.04 Å². The second-order valence-corrected chi connectivity index (χ2v) is 5.28. The molecule has 0 bridgehead atoms. The van der Waals surface area contributed by atoms with E-state index >= 15 is 0 Å². The SMILES string of the molecule is COc1ccc(C(N)c2cccc(Br)c2F)cc1Cl. The molecule has 0 heterocycles. The summed E-state index contributed by atoms with van der Waals surface area (Å²) in [5, 5.41) is 0.450. The van der Waals surface area contributed by atoms with E-state index in [0.29, 0.717) is 20.8 Å². The molecule has 2 rings (SSSR count). The maximum absolute atomic E-state index is 14.0. The second kappa shape index (κ2) is 5.90. The maximum atomic E-state index is 14.0. The van der Waals surface area contributed by atoms with E-state index in [-0.39, 0.29) is 5.82 Å². The van der Waals surface area contributed by atoms with Gasteiger partial charge in [-0.05, 0) is 39.7 Å². The summed E-state index contributed by atoms with van der Waals surface area (Å²) >= 11 is 9.20. The summed E-state index contributed by atoms with van der Waals surface area (Å²) < 4.78 is 19.5. The monoisotopic (exact) mass is 343 g/mol. The Bertz CT molecular complexity index is 606. The van der Waals surface area contributed by atoms with Crippen LogP contribution in [0.25, 0.3) is 0 Å². The van der Waals surface area contributed by atoms with Gasteiger partial charge in [0.05, 0.1) is 22.6 Å². The Balaban J connectivity index is 2.41. The molecule has 0 saturated carbocycles. The van der Waals surface area contributed by atoms with Gasteiger partial charge in [-0.25, -0.2) is 4.39 Å². The molecular formula is C14H12BrClFNO. The maximum Gasteiger partial charge on any atom is 0.142 e. The van der Waals surface area contributed by atoms with Gasteiger partial charge >= 0.3 is 0 Å². The first-order valence-electron chi connectivity index (χ1n) is 5.57. The average Bonchev–Trinajstić information content (AvgIpc) is 2.41. The van der Waals surface area contributed by atoms with E-state index in [1.165, 1.54) is 7.11 Å². The van der Waals surface area contributed by atoms with Crippen LogP contribution < -0.4 is 10.5 Å². The summed E-state index contributed by atoms with van der Waals surface area (Å²) in [5.74, 6) is 0.203. The third-order valence-electron chi connectivity index (χ3n) is 2.85. The lowest BCUT2D eigenvalue weighted by molar-refractivity contribution is 0.415. The van der Waals surface area contributed by atoms with Crippen LogP contribution in [-0.2, 0) is 0 Å². The van der Waals surface area contributed by atoms with Gasteiger partial charge < -0.3 is 10.5 Å². The van der Waals surface area contributed by atoms with Crippen molar-refractivity contribution >= 4 is 27.5 Å². The number of halogens is 3. The molecule has 100 valence electrons. The minimum absolute atomic E-state index is 0.359. The lowest BCUT2D eigenvalue weighted by Crippen LogP contribution is -2.13. The molecule has 2 aromatic rings. The Morgan fingerprint density at radius 2 is 2.05 bits per heavy atom. The molecule has 2 N–H and O–H groups in total. The van der Waals surface area contributed by atoms with Crippen LogP contribution in [0.1, 0.15) is 17.2 Å². The van der Waals surface area contributed by atoms with Gasteiger partial charge in [-0.1, -0.05) is 29.8 Å². The van der Waals surface area contributed by atoms with Crippen molar-refractivity contribution < 1.29 is 9.13 Å². The highest BCUT2D eigenvalue weighted by atomic mass is 79.9. The Morgan fingerprint density at radius 1 is 1.32 bits per heavy atom. The molecule has 0 radical (unpaired) electrons. The Kier molecular flexibility index (Phi) is 4.45. The topological polar surface area (TPSA) is 35.2 Å². The summed E-state index contributed by atoms with van der Waals surface area (Å²) in [6, 6.07) is 9.62. The zero-order valence-corrected chi connectivity index (χ0v) is 12.5. The van der Waals surface area contributed by atoms with E-state index in [9.17, 15) is 4.39 Å². The summed E-state index contributed by atoms with van der Waals surface area (Å²) in [6.07, 6.45) is 0. The van der Waals surface area contributed by atoms with Gasteiger partial charge in [0.25, 0.3) is 0 Å². The predicted molar refractivity (Wildman–Crippen MR) is 78.1 cm³/mol. The number of hydrogen-bond donors (Lipinski definition) is 1. The summed E-state index contributed by atoms with van der Waals surface area (Å²) in [5.41, 5.74) is 7.22. The van der Waals surface area contributed by atoms with Crippen LogP contribution in [0.5, 0.6) is 5.75 Å². The molecule has 19 heavy (non-hydrogen) atoms. The van der Waals surface area contributed by atoms with Gasteiger partial charge in [-0.3, -0.25) is 0 Å². The van der Waals surface area contributed by atoms with Crippen LogP contribution >= 0.6 is 27.5 Å². The van der Waals surface area contributed by atoms with Gasteiger partial charge in [0.2, 0.25) is 0 Å². The van der Waals surface area contributed by atoms with E-state index in [1.54, 1.807) is 36.4 Å². The summed E-state index contributed by atoms with van der Waals surface area (Å²) in [6.45, 7) is 0. The Hall–Kier alpha value is -1.10. The zero-order chi connectivity index (χ0) is 14.0. The molecule has 0 amide bonds. The number of methoxy groups -OCH3 is 1. The van der Waals surface area contributed by atoms with Crippen LogP contribution in [0.2, 0.25) is 5.02 Å². The van der Waals surface area contributed by atoms with Crippen LogP contribution in [0, 0.1) is 5.82 Å². The third-order valence-corrected chi connectivity index (χ3v) is 3.76. The molecule has 0 saturated heterocycles. The van der Waals surface area contributed by atoms with Gasteiger partial charge in [0, 0.05) is 5.56 Å². The number of nitrogens with two attached hydrogens (primary N) is 1. The minimum Gasteiger partial charge on any atom is -0.495 e. The lowest BCUT2D eigenvalue weighted by atomic mass is 9.99. The highest BCUT2D eigenvalue weighted by molar-refractivity contribution is 9.10. The van der Waals surface area contributed by atoms with Gasteiger partial charge in [-0.2, -0.15) is 0 Å². The number of ether oxygens (including phenoxy) is 1. The van der Waals surface area contributed by atoms with Gasteiger partial charge in [0.15, 0.2) is 0 Å². The van der Waals surface area contributed by atoms with Crippen molar-refractivity contribution in [3.8, 4) is 5.75 Å². The molecular weight excluding hydrogens is 333 g/mol. The number of rotatable bonds is 3. The molecule has 0 aromatic heterocycles. The normalized spacial score (nSPS) is 12.3. The molecule has 5 heteroatoms. The minimum atomic E-state index is -0.582. The Labute approximate surface area is 124 Å². The molecule has 1 unspecified atom stereocenters. The molecule has 0 fully saturated rings. The van der Waals surface area contributed by atoms with Crippen molar-refractivity contribution in [1.29, 1.82) is 0 Å².